The van der Waals surface area contributed by atoms with Crippen LogP contribution < -0.4 is 4.72 Å². The second-order valence-electron chi connectivity index (χ2n) is 8.02. The molecule has 0 spiro atoms. The highest BCUT2D eigenvalue weighted by atomic mass is 32.2. The van der Waals surface area contributed by atoms with Crippen molar-refractivity contribution < 1.29 is 17.9 Å². The summed E-state index contributed by atoms with van der Waals surface area (Å²) in [6, 6.07) is 16.2. The van der Waals surface area contributed by atoms with Gasteiger partial charge in [-0.3, -0.25) is 9.52 Å². The molecule has 0 unspecified atom stereocenters. The largest absolute Gasteiger partial charge is 0.466 e. The third-order valence-corrected chi connectivity index (χ3v) is 7.06. The zero-order valence-electron chi connectivity index (χ0n) is 18.0. The van der Waals surface area contributed by atoms with E-state index in [1.807, 2.05) is 42.5 Å². The van der Waals surface area contributed by atoms with Crippen molar-refractivity contribution in [3.8, 4) is 11.3 Å². The highest BCUT2D eigenvalue weighted by Crippen LogP contribution is 2.33. The minimum Gasteiger partial charge on any atom is -0.466 e. The minimum atomic E-state index is -3.82. The van der Waals surface area contributed by atoms with Gasteiger partial charge < -0.3 is 4.74 Å². The second-order valence-corrected chi connectivity index (χ2v) is 10.8. The first kappa shape index (κ1) is 23.0. The van der Waals surface area contributed by atoms with Crippen LogP contribution in [0.3, 0.4) is 0 Å². The maximum Gasteiger partial charge on any atom is 0.311 e. The lowest BCUT2D eigenvalue weighted by Crippen LogP contribution is -2.14. The van der Waals surface area contributed by atoms with Crippen molar-refractivity contribution in [3.63, 3.8) is 0 Å². The molecule has 1 aromatic heterocycles. The standard InChI is InChI=1S/C23H26N2O4S2/c1-5-29-20(26)15-19-21(16-9-7-6-8-10-16)24-22(30-19)25-31(27,28)18-13-11-17(12-14-18)23(2,3)4/h6-14H,5,15H2,1-4H3,(H,24,25). The van der Waals surface area contributed by atoms with Crippen molar-refractivity contribution in [2.45, 2.75) is 44.4 Å². The van der Waals surface area contributed by atoms with Gasteiger partial charge >= 0.3 is 5.97 Å². The summed E-state index contributed by atoms with van der Waals surface area (Å²) in [5, 5.41) is 0.207. The fraction of sp³-hybridized carbons (Fsp3) is 0.304. The molecular weight excluding hydrogens is 432 g/mol. The Hall–Kier alpha value is -2.71. The Bertz CT molecular complexity index is 1150. The van der Waals surface area contributed by atoms with E-state index < -0.39 is 10.0 Å². The molecule has 3 rings (SSSR count). The first-order valence-electron chi connectivity index (χ1n) is 9.94. The summed E-state index contributed by atoms with van der Waals surface area (Å²) in [6.07, 6.45) is 0.0255. The van der Waals surface area contributed by atoms with Crippen LogP contribution in [0, 0.1) is 0 Å². The number of hydrogen-bond acceptors (Lipinski definition) is 6. The van der Waals surface area contributed by atoms with E-state index in [2.05, 4.69) is 30.5 Å². The lowest BCUT2D eigenvalue weighted by molar-refractivity contribution is -0.142. The fourth-order valence-corrected chi connectivity index (χ4v) is 5.19. The van der Waals surface area contributed by atoms with Crippen LogP contribution in [-0.4, -0.2) is 26.0 Å². The molecule has 0 bridgehead atoms. The predicted molar refractivity (Wildman–Crippen MR) is 124 cm³/mol. The average molecular weight is 459 g/mol. The Kier molecular flexibility index (Phi) is 6.81. The number of thiazole rings is 1. The molecule has 2 aromatic carbocycles. The van der Waals surface area contributed by atoms with Crippen LogP contribution in [0.5, 0.6) is 0 Å². The van der Waals surface area contributed by atoms with Crippen LogP contribution in [0.2, 0.25) is 0 Å². The zero-order chi connectivity index (χ0) is 22.6. The van der Waals surface area contributed by atoms with Gasteiger partial charge in [-0.1, -0.05) is 74.6 Å². The summed E-state index contributed by atoms with van der Waals surface area (Å²) in [7, 11) is -3.82. The van der Waals surface area contributed by atoms with E-state index in [4.69, 9.17) is 4.74 Å². The van der Waals surface area contributed by atoms with Gasteiger partial charge in [-0.15, -0.1) is 0 Å². The summed E-state index contributed by atoms with van der Waals surface area (Å²) in [6.45, 7) is 8.23. The van der Waals surface area contributed by atoms with E-state index in [1.54, 1.807) is 19.1 Å². The molecule has 0 amide bonds. The van der Waals surface area contributed by atoms with Gasteiger partial charge in [-0.25, -0.2) is 13.4 Å². The summed E-state index contributed by atoms with van der Waals surface area (Å²) in [4.78, 5) is 17.3. The molecule has 31 heavy (non-hydrogen) atoms. The van der Waals surface area contributed by atoms with Crippen molar-refractivity contribution in [2.75, 3.05) is 11.3 Å². The fourth-order valence-electron chi connectivity index (χ4n) is 2.99. The van der Waals surface area contributed by atoms with Gasteiger partial charge in [-0.2, -0.15) is 0 Å². The van der Waals surface area contributed by atoms with Crippen LogP contribution in [-0.2, 0) is 31.4 Å². The van der Waals surface area contributed by atoms with Gasteiger partial charge in [0.25, 0.3) is 10.0 Å². The SMILES string of the molecule is CCOC(=O)Cc1sc(NS(=O)(=O)c2ccc(C(C)(C)C)cc2)nc1-c1ccccc1. The number of nitrogens with one attached hydrogen (secondary N) is 1. The normalized spacial score (nSPS) is 11.9. The van der Waals surface area contributed by atoms with E-state index in [0.29, 0.717) is 10.6 Å². The Morgan fingerprint density at radius 2 is 1.71 bits per heavy atom. The maximum absolute atomic E-state index is 12.9. The molecule has 3 aromatic rings. The van der Waals surface area contributed by atoms with E-state index in [-0.39, 0.29) is 34.4 Å². The molecule has 0 saturated heterocycles. The number of sulfonamides is 1. The molecule has 0 fully saturated rings. The quantitative estimate of drug-likeness (QED) is 0.503. The maximum atomic E-state index is 12.9. The summed E-state index contributed by atoms with van der Waals surface area (Å²) in [5.74, 6) is -0.379. The predicted octanol–water partition coefficient (Wildman–Crippen LogP) is 5.01. The Labute approximate surface area is 187 Å². The van der Waals surface area contributed by atoms with E-state index in [9.17, 15) is 13.2 Å². The van der Waals surface area contributed by atoms with Gasteiger partial charge in [0.05, 0.1) is 23.6 Å². The molecule has 0 radical (unpaired) electrons. The molecule has 8 heteroatoms. The van der Waals surface area contributed by atoms with Gasteiger partial charge in [-0.05, 0) is 30.0 Å². The molecule has 1 N–H and O–H groups in total. The summed E-state index contributed by atoms with van der Waals surface area (Å²) < 4.78 is 33.4. The van der Waals surface area contributed by atoms with Crippen LogP contribution in [0.25, 0.3) is 11.3 Å². The number of ether oxygens (including phenoxy) is 1. The summed E-state index contributed by atoms with van der Waals surface area (Å²) in [5.41, 5.74) is 2.35. The second kappa shape index (κ2) is 9.20. The number of hydrogen-bond donors (Lipinski definition) is 1. The number of rotatable bonds is 7. The Morgan fingerprint density at radius 3 is 2.29 bits per heavy atom. The minimum absolute atomic E-state index is 0.0255. The first-order chi connectivity index (χ1) is 14.6. The van der Waals surface area contributed by atoms with Crippen molar-refractivity contribution in [1.82, 2.24) is 4.98 Å². The lowest BCUT2D eigenvalue weighted by atomic mass is 9.87. The van der Waals surface area contributed by atoms with Crippen LogP contribution in [0.1, 0.15) is 38.1 Å². The highest BCUT2D eigenvalue weighted by molar-refractivity contribution is 7.93. The average Bonchev–Trinajstić information content (AvgIpc) is 3.09. The van der Waals surface area contributed by atoms with E-state index in [1.165, 1.54) is 0 Å². The van der Waals surface area contributed by atoms with Gasteiger partial charge in [0, 0.05) is 10.4 Å². The molecule has 0 aliphatic carbocycles. The third-order valence-electron chi connectivity index (χ3n) is 4.61. The molecule has 1 heterocycles. The number of aromatic nitrogens is 1. The monoisotopic (exact) mass is 458 g/mol. The van der Waals surface area contributed by atoms with Crippen molar-refractivity contribution in [3.05, 3.63) is 65.0 Å². The number of nitrogens with zero attached hydrogens (tertiary/aromatic N) is 1. The summed E-state index contributed by atoms with van der Waals surface area (Å²) >= 11 is 1.14. The van der Waals surface area contributed by atoms with E-state index >= 15 is 0 Å². The van der Waals surface area contributed by atoms with Crippen LogP contribution in [0.4, 0.5) is 5.13 Å². The lowest BCUT2D eigenvalue weighted by Gasteiger charge is -2.19. The molecule has 0 aliphatic rings. The number of carbonyl (C=O) groups is 1. The van der Waals surface area contributed by atoms with Crippen molar-refractivity contribution >= 4 is 32.5 Å². The number of carbonyl (C=O) groups excluding carboxylic acids is 1. The number of esters is 1. The molecule has 0 saturated carbocycles. The first-order valence-corrected chi connectivity index (χ1v) is 12.2. The van der Waals surface area contributed by atoms with Crippen LogP contribution >= 0.6 is 11.3 Å². The Balaban J connectivity index is 1.91. The highest BCUT2D eigenvalue weighted by Gasteiger charge is 2.22. The molecule has 0 aliphatic heterocycles. The zero-order valence-corrected chi connectivity index (χ0v) is 19.6. The molecule has 0 atom stereocenters. The van der Waals surface area contributed by atoms with Gasteiger partial charge in [0.2, 0.25) is 0 Å². The number of anilines is 1. The van der Waals surface area contributed by atoms with Crippen molar-refractivity contribution in [1.29, 1.82) is 0 Å². The van der Waals surface area contributed by atoms with E-state index in [0.717, 1.165) is 22.5 Å². The Morgan fingerprint density at radius 1 is 1.06 bits per heavy atom. The molecular formula is C23H26N2O4S2. The molecule has 6 nitrogen and oxygen atoms in total. The third kappa shape index (κ3) is 5.71. The number of benzene rings is 2. The molecule has 164 valence electrons. The smallest absolute Gasteiger partial charge is 0.311 e. The van der Waals surface area contributed by atoms with Crippen LogP contribution in [0.15, 0.2) is 59.5 Å². The topological polar surface area (TPSA) is 85.4 Å². The van der Waals surface area contributed by atoms with Gasteiger partial charge in [0.15, 0.2) is 5.13 Å². The van der Waals surface area contributed by atoms with Crippen molar-refractivity contribution in [2.24, 2.45) is 0 Å². The van der Waals surface area contributed by atoms with Gasteiger partial charge in [0.1, 0.15) is 0 Å².